The predicted octanol–water partition coefficient (Wildman–Crippen LogP) is 1.01. The first-order valence-corrected chi connectivity index (χ1v) is 7.32. The van der Waals surface area contributed by atoms with Gasteiger partial charge < -0.3 is 19.8 Å². The van der Waals surface area contributed by atoms with Crippen LogP contribution in [0.15, 0.2) is 0 Å². The van der Waals surface area contributed by atoms with Crippen molar-refractivity contribution in [2.24, 2.45) is 5.41 Å². The molecule has 1 saturated carbocycles. The van der Waals surface area contributed by atoms with Crippen molar-refractivity contribution in [2.75, 3.05) is 26.2 Å². The SMILES string of the molecule is CCOC1CC(O)C12CCN(CC(O)CC)CC2. The molecule has 0 radical (unpaired) electrons. The van der Waals surface area contributed by atoms with Crippen LogP contribution in [0.5, 0.6) is 0 Å². The maximum atomic E-state index is 10.1. The van der Waals surface area contributed by atoms with Gasteiger partial charge in [0.2, 0.25) is 0 Å². The highest BCUT2D eigenvalue weighted by atomic mass is 16.5. The molecule has 3 unspecified atom stereocenters. The van der Waals surface area contributed by atoms with Gasteiger partial charge in [-0.2, -0.15) is 0 Å². The minimum absolute atomic E-state index is 0.00365. The van der Waals surface area contributed by atoms with E-state index in [-0.39, 0.29) is 23.7 Å². The number of piperidine rings is 1. The molecule has 2 aliphatic rings. The second kappa shape index (κ2) is 5.87. The van der Waals surface area contributed by atoms with Crippen molar-refractivity contribution < 1.29 is 14.9 Å². The third-order valence-electron chi connectivity index (χ3n) is 4.84. The van der Waals surface area contributed by atoms with Gasteiger partial charge in [-0.1, -0.05) is 6.92 Å². The van der Waals surface area contributed by atoms with E-state index in [0.717, 1.165) is 51.9 Å². The maximum Gasteiger partial charge on any atom is 0.0681 e. The third-order valence-corrected chi connectivity index (χ3v) is 4.84. The number of hydrogen-bond donors (Lipinski definition) is 2. The van der Waals surface area contributed by atoms with E-state index < -0.39 is 0 Å². The lowest BCUT2D eigenvalue weighted by Crippen LogP contribution is -2.62. The molecule has 2 N–H and O–H groups in total. The van der Waals surface area contributed by atoms with Gasteiger partial charge in [0.25, 0.3) is 0 Å². The van der Waals surface area contributed by atoms with Gasteiger partial charge in [-0.25, -0.2) is 0 Å². The molecule has 4 heteroatoms. The highest BCUT2D eigenvalue weighted by Gasteiger charge is 2.55. The molecule has 1 saturated heterocycles. The summed E-state index contributed by atoms with van der Waals surface area (Å²) in [4.78, 5) is 2.31. The predicted molar refractivity (Wildman–Crippen MR) is 70.4 cm³/mol. The molecule has 2 rings (SSSR count). The van der Waals surface area contributed by atoms with Crippen molar-refractivity contribution in [3.05, 3.63) is 0 Å². The molecular formula is C14H27NO3. The highest BCUT2D eigenvalue weighted by molar-refractivity contribution is 5.06. The number of β-amino-alcohol motifs (C(OH)–C–C–N with tert-alkyl or cyclic N) is 1. The Balaban J connectivity index is 1.85. The standard InChI is InChI=1S/C14H27NO3/c1-3-11(16)10-15-7-5-14(6-8-15)12(17)9-13(14)18-4-2/h11-13,16-17H,3-10H2,1-2H3. The van der Waals surface area contributed by atoms with Crippen LogP contribution in [0.4, 0.5) is 0 Å². The van der Waals surface area contributed by atoms with Gasteiger partial charge in [0.15, 0.2) is 0 Å². The Labute approximate surface area is 110 Å². The van der Waals surface area contributed by atoms with E-state index in [9.17, 15) is 10.2 Å². The number of likely N-dealkylation sites (tertiary alicyclic amines) is 1. The van der Waals surface area contributed by atoms with Crippen LogP contribution >= 0.6 is 0 Å². The summed E-state index contributed by atoms with van der Waals surface area (Å²) in [6.07, 6.45) is 3.44. The minimum Gasteiger partial charge on any atom is -0.392 e. The maximum absolute atomic E-state index is 10.1. The Hall–Kier alpha value is -0.160. The first-order chi connectivity index (χ1) is 8.62. The normalized spacial score (nSPS) is 33.3. The van der Waals surface area contributed by atoms with Crippen LogP contribution in [0, 0.1) is 5.41 Å². The summed E-state index contributed by atoms with van der Waals surface area (Å²) in [7, 11) is 0. The average molecular weight is 257 g/mol. The smallest absolute Gasteiger partial charge is 0.0681 e. The zero-order valence-electron chi connectivity index (χ0n) is 11.6. The van der Waals surface area contributed by atoms with Crippen LogP contribution in [0.2, 0.25) is 0 Å². The molecule has 0 aromatic heterocycles. The van der Waals surface area contributed by atoms with E-state index >= 15 is 0 Å². The van der Waals surface area contributed by atoms with E-state index in [4.69, 9.17) is 4.74 Å². The van der Waals surface area contributed by atoms with Crippen molar-refractivity contribution in [3.63, 3.8) is 0 Å². The van der Waals surface area contributed by atoms with Gasteiger partial charge in [0.05, 0.1) is 18.3 Å². The molecule has 1 aliphatic carbocycles. The molecule has 2 fully saturated rings. The van der Waals surface area contributed by atoms with Gasteiger partial charge in [0, 0.05) is 25.0 Å². The second-order valence-electron chi connectivity index (χ2n) is 5.79. The van der Waals surface area contributed by atoms with E-state index in [0.29, 0.717) is 0 Å². The summed E-state index contributed by atoms with van der Waals surface area (Å²) < 4.78 is 5.75. The lowest BCUT2D eigenvalue weighted by atomic mass is 9.58. The van der Waals surface area contributed by atoms with Crippen molar-refractivity contribution in [1.29, 1.82) is 0 Å². The summed E-state index contributed by atoms with van der Waals surface area (Å²) in [6, 6.07) is 0. The monoisotopic (exact) mass is 257 g/mol. The first-order valence-electron chi connectivity index (χ1n) is 7.32. The van der Waals surface area contributed by atoms with E-state index in [1.54, 1.807) is 0 Å². The summed E-state index contributed by atoms with van der Waals surface area (Å²) >= 11 is 0. The van der Waals surface area contributed by atoms with Gasteiger partial charge in [-0.3, -0.25) is 0 Å². The lowest BCUT2D eigenvalue weighted by Gasteiger charge is -2.56. The van der Waals surface area contributed by atoms with Crippen LogP contribution in [0.25, 0.3) is 0 Å². The van der Waals surface area contributed by atoms with Gasteiger partial charge in [-0.05, 0) is 39.3 Å². The largest absolute Gasteiger partial charge is 0.392 e. The summed E-state index contributed by atoms with van der Waals surface area (Å²) in [5, 5.41) is 19.8. The Morgan fingerprint density at radius 1 is 1.33 bits per heavy atom. The Bertz CT molecular complexity index is 262. The molecule has 0 bridgehead atoms. The van der Waals surface area contributed by atoms with Gasteiger partial charge in [0.1, 0.15) is 0 Å². The van der Waals surface area contributed by atoms with Crippen molar-refractivity contribution in [1.82, 2.24) is 4.90 Å². The van der Waals surface area contributed by atoms with Crippen molar-refractivity contribution in [2.45, 2.75) is 57.8 Å². The Morgan fingerprint density at radius 3 is 2.50 bits per heavy atom. The second-order valence-corrected chi connectivity index (χ2v) is 5.79. The Kier molecular flexibility index (Phi) is 4.64. The van der Waals surface area contributed by atoms with E-state index in [1.807, 2.05) is 13.8 Å². The highest BCUT2D eigenvalue weighted by Crippen LogP contribution is 2.50. The Morgan fingerprint density at radius 2 is 2.00 bits per heavy atom. The fourth-order valence-electron chi connectivity index (χ4n) is 3.40. The van der Waals surface area contributed by atoms with Gasteiger partial charge in [-0.15, -0.1) is 0 Å². The average Bonchev–Trinajstić information content (AvgIpc) is 2.39. The molecule has 3 atom stereocenters. The number of ether oxygens (including phenoxy) is 1. The fourth-order valence-corrected chi connectivity index (χ4v) is 3.40. The van der Waals surface area contributed by atoms with Crippen LogP contribution in [0.3, 0.4) is 0 Å². The summed E-state index contributed by atoms with van der Waals surface area (Å²) in [5.41, 5.74) is 0.00365. The number of rotatable bonds is 5. The van der Waals surface area contributed by atoms with Crippen LogP contribution in [-0.4, -0.2) is 59.7 Å². The quantitative estimate of drug-likeness (QED) is 0.772. The van der Waals surface area contributed by atoms with Crippen LogP contribution < -0.4 is 0 Å². The van der Waals surface area contributed by atoms with Gasteiger partial charge >= 0.3 is 0 Å². The molecule has 0 amide bonds. The number of aliphatic hydroxyl groups is 2. The third kappa shape index (κ3) is 2.57. The summed E-state index contributed by atoms with van der Waals surface area (Å²) in [5.74, 6) is 0. The molecule has 0 aromatic rings. The molecule has 4 nitrogen and oxygen atoms in total. The zero-order chi connectivity index (χ0) is 13.2. The van der Waals surface area contributed by atoms with E-state index in [2.05, 4.69) is 4.90 Å². The minimum atomic E-state index is -0.215. The molecule has 106 valence electrons. The topological polar surface area (TPSA) is 52.9 Å². The molecule has 0 aromatic carbocycles. The number of hydrogen-bond acceptors (Lipinski definition) is 4. The van der Waals surface area contributed by atoms with Crippen molar-refractivity contribution in [3.8, 4) is 0 Å². The van der Waals surface area contributed by atoms with Crippen LogP contribution in [0.1, 0.15) is 39.5 Å². The molecule has 1 aliphatic heterocycles. The fraction of sp³-hybridized carbons (Fsp3) is 1.00. The summed E-state index contributed by atoms with van der Waals surface area (Å²) in [6.45, 7) is 7.47. The molecular weight excluding hydrogens is 230 g/mol. The van der Waals surface area contributed by atoms with E-state index in [1.165, 1.54) is 0 Å². The number of nitrogens with zero attached hydrogens (tertiary/aromatic N) is 1. The lowest BCUT2D eigenvalue weighted by molar-refractivity contribution is -0.210. The molecule has 1 heterocycles. The first kappa shape index (κ1) is 14.3. The molecule has 1 spiro atoms. The van der Waals surface area contributed by atoms with Crippen molar-refractivity contribution >= 4 is 0 Å². The zero-order valence-corrected chi connectivity index (χ0v) is 11.6. The van der Waals surface area contributed by atoms with Crippen LogP contribution in [-0.2, 0) is 4.74 Å². The molecule has 18 heavy (non-hydrogen) atoms. The number of aliphatic hydroxyl groups excluding tert-OH is 2.